The van der Waals surface area contributed by atoms with Crippen LogP contribution < -0.4 is 19.6 Å². The Morgan fingerprint density at radius 3 is 0.942 bits per heavy atom. The Kier molecular flexibility index (Phi) is 14.4. The van der Waals surface area contributed by atoms with E-state index in [0.717, 1.165) is 128 Å². The third-order valence-electron chi connectivity index (χ3n) is 20.7. The summed E-state index contributed by atoms with van der Waals surface area (Å²) in [6.07, 6.45) is 0. The van der Waals surface area contributed by atoms with E-state index in [1.165, 1.54) is 78.9 Å². The van der Waals surface area contributed by atoms with Crippen molar-refractivity contribution in [2.75, 3.05) is 19.6 Å². The van der Waals surface area contributed by atoms with Crippen molar-refractivity contribution in [1.82, 2.24) is 0 Å². The molecule has 0 radical (unpaired) electrons. The van der Waals surface area contributed by atoms with Crippen molar-refractivity contribution < 1.29 is 8.83 Å². The average Bonchev–Trinajstić information content (AvgIpc) is 1.58. The number of rotatable bonds is 13. The SMILES string of the molecule is Cc1cccc(N(c2cccc(C)c2)c2ccc3c(c2)sc2cc4cc5c(cc4cc23)sc2cc(N(c3cccc(C)c3)c3ccc(-c4ccc(N(c6ccccc6)c6ccc7c(c6)oc6cc8cc9oc%10cc(N(c%11ccccc%11)c%11ccccc%11)ccc%10c9cc8cc67)cc4)c(C)c3)ccc25)c1. The van der Waals surface area contributed by atoms with Gasteiger partial charge >= 0.3 is 0 Å². The van der Waals surface area contributed by atoms with Crippen LogP contribution in [0, 0.1) is 27.7 Å². The number of nitrogens with zero attached hydrogens (tertiary/aromatic N) is 4. The van der Waals surface area contributed by atoms with Crippen molar-refractivity contribution in [3.8, 4) is 11.1 Å². The van der Waals surface area contributed by atoms with Gasteiger partial charge in [0.1, 0.15) is 22.3 Å². The quantitative estimate of drug-likeness (QED) is 0.115. The van der Waals surface area contributed by atoms with Crippen LogP contribution >= 0.6 is 22.7 Å². The number of hydrogen-bond acceptors (Lipinski definition) is 8. The predicted molar refractivity (Wildman–Crippen MR) is 445 cm³/mol. The highest BCUT2D eigenvalue weighted by Gasteiger charge is 2.23. The Morgan fingerprint density at radius 1 is 0.212 bits per heavy atom. The zero-order chi connectivity index (χ0) is 69.3. The first-order valence-corrected chi connectivity index (χ1v) is 37.0. The van der Waals surface area contributed by atoms with Crippen molar-refractivity contribution >= 4 is 197 Å². The zero-order valence-electron chi connectivity index (χ0n) is 57.6. The third kappa shape index (κ3) is 10.6. The fraction of sp³-hybridized carbons (Fsp3) is 0.0417. The number of thiophene rings is 2. The van der Waals surface area contributed by atoms with Crippen molar-refractivity contribution in [2.45, 2.75) is 27.7 Å². The molecule has 0 N–H and O–H groups in total. The summed E-state index contributed by atoms with van der Waals surface area (Å²) < 4.78 is 18.7. The first kappa shape index (κ1) is 61.2. The van der Waals surface area contributed by atoms with E-state index in [4.69, 9.17) is 8.83 Å². The lowest BCUT2D eigenvalue weighted by Gasteiger charge is -2.27. The fourth-order valence-corrected chi connectivity index (χ4v) is 18.2. The molecule has 0 bridgehead atoms. The second-order valence-electron chi connectivity index (χ2n) is 27.6. The van der Waals surface area contributed by atoms with E-state index in [1.807, 2.05) is 22.7 Å². The van der Waals surface area contributed by atoms with Crippen molar-refractivity contribution in [3.05, 3.63) is 350 Å². The molecule has 4 aromatic heterocycles. The molecule has 4 heterocycles. The lowest BCUT2D eigenvalue weighted by Crippen LogP contribution is -2.10. The molecular formula is C96H66N4O2S2. The molecule has 20 aromatic rings. The fourth-order valence-electron chi connectivity index (χ4n) is 15.8. The van der Waals surface area contributed by atoms with E-state index in [9.17, 15) is 0 Å². The van der Waals surface area contributed by atoms with Crippen LogP contribution in [0.1, 0.15) is 22.3 Å². The molecule has 20 rings (SSSR count). The maximum absolute atomic E-state index is 6.82. The number of aryl methyl sites for hydroxylation is 4. The van der Waals surface area contributed by atoms with Crippen LogP contribution in [0.3, 0.4) is 0 Å². The van der Waals surface area contributed by atoms with Crippen LogP contribution in [-0.2, 0) is 0 Å². The Balaban J connectivity index is 0.594. The van der Waals surface area contributed by atoms with E-state index in [2.05, 4.69) is 375 Å². The smallest absolute Gasteiger partial charge is 0.137 e. The largest absolute Gasteiger partial charge is 0.456 e. The molecule has 0 atom stereocenters. The zero-order valence-corrected chi connectivity index (χ0v) is 59.2. The summed E-state index contributed by atoms with van der Waals surface area (Å²) in [4.78, 5) is 9.38. The predicted octanol–water partition coefficient (Wildman–Crippen LogP) is 29.3. The summed E-state index contributed by atoms with van der Waals surface area (Å²) in [6, 6.07) is 120. The molecule has 0 spiro atoms. The van der Waals surface area contributed by atoms with Crippen molar-refractivity contribution in [1.29, 1.82) is 0 Å². The molecular weight excluding hydrogens is 1310 g/mol. The van der Waals surface area contributed by atoms with Gasteiger partial charge < -0.3 is 28.4 Å². The van der Waals surface area contributed by atoms with Gasteiger partial charge in [0.05, 0.1) is 0 Å². The highest BCUT2D eigenvalue weighted by Crippen LogP contribution is 2.49. The lowest BCUT2D eigenvalue weighted by molar-refractivity contribution is 0.668. The van der Waals surface area contributed by atoms with Gasteiger partial charge in [0.2, 0.25) is 0 Å². The van der Waals surface area contributed by atoms with Gasteiger partial charge in [-0.15, -0.1) is 22.7 Å². The molecule has 0 amide bonds. The van der Waals surface area contributed by atoms with Gasteiger partial charge in [-0.1, -0.05) is 121 Å². The Bertz CT molecular complexity index is 6730. The van der Waals surface area contributed by atoms with Gasteiger partial charge in [-0.3, -0.25) is 0 Å². The highest BCUT2D eigenvalue weighted by molar-refractivity contribution is 7.26. The van der Waals surface area contributed by atoms with Gasteiger partial charge in [0.25, 0.3) is 0 Å². The van der Waals surface area contributed by atoms with E-state index in [-0.39, 0.29) is 0 Å². The second-order valence-corrected chi connectivity index (χ2v) is 29.8. The third-order valence-corrected chi connectivity index (χ3v) is 23.0. The average molecular weight is 1370 g/mol. The van der Waals surface area contributed by atoms with Crippen molar-refractivity contribution in [3.63, 3.8) is 0 Å². The van der Waals surface area contributed by atoms with Gasteiger partial charge in [-0.05, 0) is 277 Å². The number of furan rings is 2. The molecule has 0 unspecified atom stereocenters. The second kappa shape index (κ2) is 24.5. The standard InChI is InChI=1S/C96H66N4O2S2/c1-59-17-14-26-72(43-59)99(73-27-15-18-60(2)44-73)78-36-41-83-87-49-65-54-94-88(50-66(65)53-93(87)103-95(83)57-78)84-42-37-79(58-96(84)104-94)100(74-28-16-19-61(3)45-74)75-33-38-80(62(4)46-75)63-29-31-71(32-30-63)98(70-24-12-7-13-25-70)77-35-40-82-86-48-64-47-85-81-39-34-76(97(68-20-8-5-9-21-68)69-22-10-6-11-23-69)55-91(81)101-89(85)51-67(64)52-90(86)102-92(82)56-77/h5-58H,1-4H3. The highest BCUT2D eigenvalue weighted by atomic mass is 32.1. The normalized spacial score (nSPS) is 11.8. The van der Waals surface area contributed by atoms with Crippen LogP contribution in [0.4, 0.5) is 68.2 Å². The molecule has 104 heavy (non-hydrogen) atoms. The summed E-state index contributed by atoms with van der Waals surface area (Å²) in [7, 11) is 0. The van der Waals surface area contributed by atoms with E-state index in [0.29, 0.717) is 0 Å². The maximum Gasteiger partial charge on any atom is 0.137 e. The van der Waals surface area contributed by atoms with Crippen LogP contribution in [0.5, 0.6) is 0 Å². The van der Waals surface area contributed by atoms with Gasteiger partial charge in [0.15, 0.2) is 0 Å². The first-order chi connectivity index (χ1) is 51.1. The minimum atomic E-state index is 0.825. The molecule has 0 aliphatic rings. The summed E-state index contributed by atoms with van der Waals surface area (Å²) in [6.45, 7) is 8.74. The number of hydrogen-bond donors (Lipinski definition) is 0. The molecule has 16 aromatic carbocycles. The lowest BCUT2D eigenvalue weighted by atomic mass is 9.98. The van der Waals surface area contributed by atoms with Crippen LogP contribution in [0.25, 0.3) is 117 Å². The van der Waals surface area contributed by atoms with Crippen LogP contribution in [0.15, 0.2) is 336 Å². The van der Waals surface area contributed by atoms with Gasteiger partial charge in [0, 0.05) is 142 Å². The molecule has 6 nitrogen and oxygen atoms in total. The molecule has 0 aliphatic heterocycles. The molecule has 8 heteroatoms. The van der Waals surface area contributed by atoms with E-state index < -0.39 is 0 Å². The minimum Gasteiger partial charge on any atom is -0.456 e. The summed E-state index contributed by atoms with van der Waals surface area (Å²) >= 11 is 3.76. The molecule has 494 valence electrons. The van der Waals surface area contributed by atoms with Crippen molar-refractivity contribution in [2.24, 2.45) is 0 Å². The van der Waals surface area contributed by atoms with Crippen LogP contribution in [0.2, 0.25) is 0 Å². The molecule has 0 saturated heterocycles. The monoisotopic (exact) mass is 1370 g/mol. The number of benzene rings is 16. The molecule has 0 aliphatic carbocycles. The van der Waals surface area contributed by atoms with Crippen LogP contribution in [-0.4, -0.2) is 0 Å². The van der Waals surface area contributed by atoms with Gasteiger partial charge in [-0.2, -0.15) is 0 Å². The number of para-hydroxylation sites is 3. The summed E-state index contributed by atoms with van der Waals surface area (Å²) in [5, 5.41) is 14.2. The topological polar surface area (TPSA) is 39.2 Å². The summed E-state index contributed by atoms with van der Waals surface area (Å²) in [5.74, 6) is 0. The maximum atomic E-state index is 6.82. The molecule has 0 fully saturated rings. The minimum absolute atomic E-state index is 0.825. The van der Waals surface area contributed by atoms with E-state index >= 15 is 0 Å². The molecule has 0 saturated carbocycles. The first-order valence-electron chi connectivity index (χ1n) is 35.4. The Hall–Kier alpha value is -12.7. The number of fused-ring (bicyclic) bond motifs is 14. The Labute approximate surface area is 609 Å². The van der Waals surface area contributed by atoms with Gasteiger partial charge in [-0.25, -0.2) is 0 Å². The van der Waals surface area contributed by atoms with E-state index in [1.54, 1.807) is 0 Å². The Morgan fingerprint density at radius 2 is 0.519 bits per heavy atom. The number of anilines is 12. The summed E-state index contributed by atoms with van der Waals surface area (Å²) in [5.41, 5.74) is 23.7.